The van der Waals surface area contributed by atoms with Gasteiger partial charge in [-0.1, -0.05) is 19.1 Å². The number of aromatic nitrogens is 3. The van der Waals surface area contributed by atoms with Crippen molar-refractivity contribution in [3.63, 3.8) is 0 Å². The van der Waals surface area contributed by atoms with E-state index < -0.39 is 0 Å². The van der Waals surface area contributed by atoms with Crippen LogP contribution in [-0.2, 0) is 13.2 Å². The first-order valence-electron chi connectivity index (χ1n) is 6.63. The minimum atomic E-state index is 0.322. The number of thiocarbonyl (C=S) groups is 1. The normalized spacial score (nSPS) is 10.4. The summed E-state index contributed by atoms with van der Waals surface area (Å²) in [7, 11) is 1.57. The Morgan fingerprint density at radius 1 is 1.38 bits per heavy atom. The highest BCUT2D eigenvalue weighted by Crippen LogP contribution is 2.28. The first-order chi connectivity index (χ1) is 10.2. The minimum Gasteiger partial charge on any atom is -0.493 e. The number of ether oxygens (including phenoxy) is 2. The van der Waals surface area contributed by atoms with E-state index in [0.717, 1.165) is 24.4 Å². The van der Waals surface area contributed by atoms with E-state index in [0.29, 0.717) is 23.1 Å². The van der Waals surface area contributed by atoms with Crippen LogP contribution in [0.25, 0.3) is 0 Å². The molecule has 0 aliphatic heterocycles. The first kappa shape index (κ1) is 15.2. The Hall–Kier alpha value is -2.15. The molecule has 2 rings (SSSR count). The smallest absolute Gasteiger partial charge is 0.164 e. The minimum absolute atomic E-state index is 0.322. The van der Waals surface area contributed by atoms with E-state index in [1.54, 1.807) is 25.3 Å². The molecule has 0 amide bonds. The predicted octanol–water partition coefficient (Wildman–Crippen LogP) is 1.91. The summed E-state index contributed by atoms with van der Waals surface area (Å²) in [6.07, 6.45) is 2.52. The molecule has 0 aliphatic rings. The van der Waals surface area contributed by atoms with Crippen molar-refractivity contribution in [1.82, 2.24) is 14.8 Å². The van der Waals surface area contributed by atoms with Gasteiger partial charge in [0, 0.05) is 12.1 Å². The Labute approximate surface area is 128 Å². The lowest BCUT2D eigenvalue weighted by molar-refractivity contribution is 0.269. The molecule has 2 N–H and O–H groups in total. The van der Waals surface area contributed by atoms with Crippen LogP contribution >= 0.6 is 12.2 Å². The molecule has 1 heterocycles. The number of nitrogens with two attached hydrogens (primary N) is 1. The van der Waals surface area contributed by atoms with Crippen LogP contribution in [0.5, 0.6) is 11.5 Å². The molecule has 2 aromatic rings. The molecule has 0 unspecified atom stereocenters. The molecule has 112 valence electrons. The summed E-state index contributed by atoms with van der Waals surface area (Å²) in [5.41, 5.74) is 6.34. The molecule has 6 nitrogen and oxygen atoms in total. The SMILES string of the molecule is CCCn1ncnc1COc1ccc(C(N)=S)cc1OC. The number of nitrogens with zero attached hydrogens (tertiary/aromatic N) is 3. The van der Waals surface area contributed by atoms with Gasteiger partial charge < -0.3 is 15.2 Å². The Morgan fingerprint density at radius 3 is 2.86 bits per heavy atom. The Kier molecular flexibility index (Phi) is 5.10. The van der Waals surface area contributed by atoms with Gasteiger partial charge in [0.25, 0.3) is 0 Å². The van der Waals surface area contributed by atoms with Gasteiger partial charge in [0.15, 0.2) is 17.3 Å². The van der Waals surface area contributed by atoms with Gasteiger partial charge in [-0.15, -0.1) is 0 Å². The zero-order chi connectivity index (χ0) is 15.2. The first-order valence-corrected chi connectivity index (χ1v) is 7.03. The van der Waals surface area contributed by atoms with Gasteiger partial charge in [0.05, 0.1) is 7.11 Å². The van der Waals surface area contributed by atoms with Gasteiger partial charge in [-0.05, 0) is 24.6 Å². The molecule has 0 spiro atoms. The largest absolute Gasteiger partial charge is 0.493 e. The Morgan fingerprint density at radius 2 is 2.19 bits per heavy atom. The van der Waals surface area contributed by atoms with Crippen molar-refractivity contribution in [3.05, 3.63) is 35.9 Å². The van der Waals surface area contributed by atoms with Crippen molar-refractivity contribution in [3.8, 4) is 11.5 Å². The summed E-state index contributed by atoms with van der Waals surface area (Å²) in [4.78, 5) is 4.52. The summed E-state index contributed by atoms with van der Waals surface area (Å²) in [5, 5.41) is 4.16. The van der Waals surface area contributed by atoms with Crippen molar-refractivity contribution >= 4 is 17.2 Å². The lowest BCUT2D eigenvalue weighted by atomic mass is 10.2. The highest BCUT2D eigenvalue weighted by atomic mass is 32.1. The van der Waals surface area contributed by atoms with Crippen molar-refractivity contribution in [2.45, 2.75) is 26.5 Å². The summed E-state index contributed by atoms with van der Waals surface area (Å²) in [5.74, 6) is 1.97. The molecule has 0 radical (unpaired) electrons. The van der Waals surface area contributed by atoms with Crippen LogP contribution in [-0.4, -0.2) is 26.9 Å². The average molecular weight is 306 g/mol. The van der Waals surface area contributed by atoms with Gasteiger partial charge in [-0.25, -0.2) is 9.67 Å². The van der Waals surface area contributed by atoms with Gasteiger partial charge in [-0.2, -0.15) is 5.10 Å². The standard InChI is InChI=1S/C14H18N4O2S/c1-3-6-18-13(16-9-17-18)8-20-11-5-4-10(14(15)21)7-12(11)19-2/h4-5,7,9H,3,6,8H2,1-2H3,(H2,15,21). The summed E-state index contributed by atoms with van der Waals surface area (Å²) in [6.45, 7) is 3.22. The number of hydrogen-bond acceptors (Lipinski definition) is 5. The average Bonchev–Trinajstić information content (AvgIpc) is 2.92. The fourth-order valence-corrected chi connectivity index (χ4v) is 2.01. The fraction of sp³-hybridized carbons (Fsp3) is 0.357. The molecule has 0 saturated carbocycles. The molecule has 0 saturated heterocycles. The van der Waals surface area contributed by atoms with Crippen LogP contribution in [0.1, 0.15) is 24.7 Å². The molecule has 21 heavy (non-hydrogen) atoms. The Bertz CT molecular complexity index is 627. The maximum Gasteiger partial charge on any atom is 0.164 e. The van der Waals surface area contributed by atoms with Crippen molar-refractivity contribution in [1.29, 1.82) is 0 Å². The second kappa shape index (κ2) is 7.03. The van der Waals surface area contributed by atoms with Crippen LogP contribution < -0.4 is 15.2 Å². The van der Waals surface area contributed by atoms with E-state index in [9.17, 15) is 0 Å². The Balaban J connectivity index is 2.12. The van der Waals surface area contributed by atoms with Crippen LogP contribution in [0.3, 0.4) is 0 Å². The van der Waals surface area contributed by atoms with E-state index in [2.05, 4.69) is 17.0 Å². The maximum absolute atomic E-state index is 5.76. The fourth-order valence-electron chi connectivity index (χ4n) is 1.88. The summed E-state index contributed by atoms with van der Waals surface area (Å²) < 4.78 is 12.9. The van der Waals surface area contributed by atoms with Gasteiger partial charge >= 0.3 is 0 Å². The molecule has 1 aromatic carbocycles. The van der Waals surface area contributed by atoms with Crippen molar-refractivity contribution < 1.29 is 9.47 Å². The molecule has 0 atom stereocenters. The quantitative estimate of drug-likeness (QED) is 0.788. The van der Waals surface area contributed by atoms with E-state index >= 15 is 0 Å². The number of hydrogen-bond donors (Lipinski definition) is 1. The molecule has 0 aliphatic carbocycles. The third kappa shape index (κ3) is 3.69. The van der Waals surface area contributed by atoms with Gasteiger partial charge in [0.1, 0.15) is 17.9 Å². The van der Waals surface area contributed by atoms with Crippen LogP contribution in [0, 0.1) is 0 Å². The molecule has 0 fully saturated rings. The van der Waals surface area contributed by atoms with E-state index in [4.69, 9.17) is 27.4 Å². The third-order valence-corrected chi connectivity index (χ3v) is 3.17. The number of aryl methyl sites for hydroxylation is 1. The lowest BCUT2D eigenvalue weighted by Gasteiger charge is -2.12. The molecular weight excluding hydrogens is 288 g/mol. The second-order valence-corrected chi connectivity index (χ2v) is 4.86. The third-order valence-electron chi connectivity index (χ3n) is 2.94. The molecule has 0 bridgehead atoms. The van der Waals surface area contributed by atoms with E-state index in [1.165, 1.54) is 6.33 Å². The monoisotopic (exact) mass is 306 g/mol. The van der Waals surface area contributed by atoms with Crippen molar-refractivity contribution in [2.75, 3.05) is 7.11 Å². The summed E-state index contributed by atoms with van der Waals surface area (Å²) >= 11 is 4.95. The molecular formula is C14H18N4O2S. The molecule has 1 aromatic heterocycles. The lowest BCUT2D eigenvalue weighted by Crippen LogP contribution is -2.11. The number of benzene rings is 1. The molecule has 7 heteroatoms. The van der Waals surface area contributed by atoms with E-state index in [1.807, 2.05) is 4.68 Å². The number of methoxy groups -OCH3 is 1. The summed E-state index contributed by atoms with van der Waals surface area (Å²) in [6, 6.07) is 5.35. The van der Waals surface area contributed by atoms with Crippen LogP contribution in [0.15, 0.2) is 24.5 Å². The zero-order valence-corrected chi connectivity index (χ0v) is 12.9. The highest BCUT2D eigenvalue weighted by Gasteiger charge is 2.10. The second-order valence-electron chi connectivity index (χ2n) is 4.42. The number of rotatable bonds is 7. The highest BCUT2D eigenvalue weighted by molar-refractivity contribution is 7.80. The van der Waals surface area contributed by atoms with Crippen LogP contribution in [0.2, 0.25) is 0 Å². The maximum atomic E-state index is 5.76. The zero-order valence-electron chi connectivity index (χ0n) is 12.1. The van der Waals surface area contributed by atoms with Crippen molar-refractivity contribution in [2.24, 2.45) is 5.73 Å². The topological polar surface area (TPSA) is 75.2 Å². The van der Waals surface area contributed by atoms with Crippen LogP contribution in [0.4, 0.5) is 0 Å². The van der Waals surface area contributed by atoms with Gasteiger partial charge in [0.2, 0.25) is 0 Å². The van der Waals surface area contributed by atoms with Gasteiger partial charge in [-0.3, -0.25) is 0 Å². The predicted molar refractivity (Wildman–Crippen MR) is 83.5 cm³/mol. The van der Waals surface area contributed by atoms with E-state index in [-0.39, 0.29) is 0 Å².